The molecule has 2 atom stereocenters. The smallest absolute Gasteiger partial charge is 0.441 e. The number of ether oxygens (including phenoxy) is 1. The van der Waals surface area contributed by atoms with Crippen LogP contribution in [0, 0.1) is 23.2 Å². The topological polar surface area (TPSA) is 150 Å². The fraction of sp³-hybridized carbons (Fsp3) is 0.200. The summed E-state index contributed by atoms with van der Waals surface area (Å²) in [4.78, 5) is 20.6. The van der Waals surface area contributed by atoms with Gasteiger partial charge in [-0.05, 0) is 62.4 Å². The molecule has 11 heteroatoms. The molecule has 3 aromatic rings. The van der Waals surface area contributed by atoms with Gasteiger partial charge < -0.3 is 20.5 Å². The average Bonchev–Trinajstić information content (AvgIpc) is 2.89. The first-order valence-electron chi connectivity index (χ1n) is 10.9. The Morgan fingerprint density at radius 1 is 1.17 bits per heavy atom. The van der Waals surface area contributed by atoms with Gasteiger partial charge in [-0.3, -0.25) is 0 Å². The zero-order valence-corrected chi connectivity index (χ0v) is 20.5. The number of hydrogen-bond donors (Lipinski definition) is 4. The van der Waals surface area contributed by atoms with Crippen LogP contribution in [-0.4, -0.2) is 44.6 Å². The normalized spacial score (nSPS) is 11.9. The maximum absolute atomic E-state index is 12.2. The van der Waals surface area contributed by atoms with Gasteiger partial charge in [0.2, 0.25) is 5.95 Å². The van der Waals surface area contributed by atoms with Crippen LogP contribution in [-0.2, 0) is 15.3 Å². The molecule has 3 N–H and O–H groups in total. The highest BCUT2D eigenvalue weighted by Gasteiger charge is 2.10. The third-order valence-electron chi connectivity index (χ3n) is 4.59. The maximum Gasteiger partial charge on any atom is 0.441 e. The molecule has 10 nitrogen and oxygen atoms in total. The summed E-state index contributed by atoms with van der Waals surface area (Å²) in [6.07, 6.45) is 0.691. The summed E-state index contributed by atoms with van der Waals surface area (Å²) < 4.78 is 20.4. The fourth-order valence-electron chi connectivity index (χ4n) is 2.78. The number of nitriles is 1. The predicted molar refractivity (Wildman–Crippen MR) is 136 cm³/mol. The Hall–Kier alpha value is -4.45. The van der Waals surface area contributed by atoms with Crippen LogP contribution in [0.1, 0.15) is 30.5 Å². The lowest BCUT2D eigenvalue weighted by Crippen LogP contribution is -2.21. The standard InChI is InChI=1S/C25H24N6O4S/c1-3-35-25(33)31-36(34)22-12-10-21(11-13-22)29-24-27-15-20(23(30-24)28-17(2)16-32)9-8-18-4-6-19(14-26)7-5-18/h4-7,10-13,15,17,32,36H,3,16H2,1-2H3,(H2,27,28,29,30)/t17-/m1/s1. The monoisotopic (exact) mass is 504 g/mol. The van der Waals surface area contributed by atoms with Crippen LogP contribution in [0.5, 0.6) is 0 Å². The van der Waals surface area contributed by atoms with E-state index in [1.54, 1.807) is 68.6 Å². The van der Waals surface area contributed by atoms with Crippen molar-refractivity contribution in [1.29, 1.82) is 5.26 Å². The van der Waals surface area contributed by atoms with Crippen LogP contribution >= 0.6 is 0 Å². The molecule has 184 valence electrons. The number of carbonyl (C=O) groups is 1. The number of thiol groups is 1. The Morgan fingerprint density at radius 2 is 1.86 bits per heavy atom. The van der Waals surface area contributed by atoms with Gasteiger partial charge in [0, 0.05) is 22.2 Å². The fourth-order valence-corrected chi connectivity index (χ4v) is 3.50. The number of anilines is 3. The Kier molecular flexibility index (Phi) is 9.34. The number of aliphatic hydroxyl groups excluding tert-OH is 1. The molecule has 0 aliphatic heterocycles. The van der Waals surface area contributed by atoms with Crippen LogP contribution in [0.3, 0.4) is 0 Å². The number of aliphatic hydroxyl groups is 1. The van der Waals surface area contributed by atoms with Gasteiger partial charge >= 0.3 is 6.09 Å². The van der Waals surface area contributed by atoms with E-state index in [2.05, 4.69) is 47.6 Å². The van der Waals surface area contributed by atoms with Gasteiger partial charge in [0.05, 0.1) is 47.2 Å². The van der Waals surface area contributed by atoms with E-state index in [1.807, 2.05) is 0 Å². The number of nitrogens with one attached hydrogen (secondary N) is 2. The summed E-state index contributed by atoms with van der Waals surface area (Å²) in [5.74, 6) is 6.75. The highest BCUT2D eigenvalue weighted by Crippen LogP contribution is 2.19. The molecular formula is C25H24N6O4S. The molecular weight excluding hydrogens is 480 g/mol. The van der Waals surface area contributed by atoms with Gasteiger partial charge in [-0.15, -0.1) is 4.36 Å². The van der Waals surface area contributed by atoms with Gasteiger partial charge in [-0.2, -0.15) is 10.2 Å². The van der Waals surface area contributed by atoms with Gasteiger partial charge in [0.1, 0.15) is 5.82 Å². The quantitative estimate of drug-likeness (QED) is 0.280. The zero-order valence-electron chi connectivity index (χ0n) is 19.6. The summed E-state index contributed by atoms with van der Waals surface area (Å²) in [6, 6.07) is 15.1. The van der Waals surface area contributed by atoms with Gasteiger partial charge in [0.25, 0.3) is 0 Å². The lowest BCUT2D eigenvalue weighted by Gasteiger charge is -2.14. The Morgan fingerprint density at radius 3 is 2.50 bits per heavy atom. The lowest BCUT2D eigenvalue weighted by molar-refractivity contribution is 0.164. The first-order chi connectivity index (χ1) is 17.4. The molecule has 36 heavy (non-hydrogen) atoms. The molecule has 1 heterocycles. The number of hydrogen-bond acceptors (Lipinski definition) is 9. The zero-order chi connectivity index (χ0) is 25.9. The first-order valence-corrected chi connectivity index (χ1v) is 12.1. The molecule has 0 fully saturated rings. The number of rotatable bonds is 7. The summed E-state index contributed by atoms with van der Waals surface area (Å²) in [7, 11) is -2.27. The average molecular weight is 505 g/mol. The number of carbonyl (C=O) groups excluding carboxylic acids is 1. The van der Waals surface area contributed by atoms with Crippen molar-refractivity contribution in [3.05, 3.63) is 71.4 Å². The van der Waals surface area contributed by atoms with Crippen LogP contribution in [0.25, 0.3) is 0 Å². The minimum absolute atomic E-state index is 0.105. The number of amides is 1. The molecule has 2 aromatic carbocycles. The van der Waals surface area contributed by atoms with Crippen molar-refractivity contribution < 1.29 is 18.8 Å². The van der Waals surface area contributed by atoms with Crippen molar-refractivity contribution in [3.63, 3.8) is 0 Å². The van der Waals surface area contributed by atoms with Gasteiger partial charge in [-0.25, -0.2) is 14.0 Å². The van der Waals surface area contributed by atoms with Crippen LogP contribution in [0.2, 0.25) is 0 Å². The summed E-state index contributed by atoms with van der Waals surface area (Å²) in [6.45, 7) is 3.49. The predicted octanol–water partition coefficient (Wildman–Crippen LogP) is 3.46. The van der Waals surface area contributed by atoms with Crippen LogP contribution in [0.15, 0.2) is 64.0 Å². The number of benzene rings is 2. The van der Waals surface area contributed by atoms with Gasteiger partial charge in [0.15, 0.2) is 0 Å². The number of aromatic nitrogens is 2. The maximum atomic E-state index is 12.2. The molecule has 0 radical (unpaired) electrons. The van der Waals surface area contributed by atoms with E-state index in [-0.39, 0.29) is 25.2 Å². The summed E-state index contributed by atoms with van der Waals surface area (Å²) in [5, 5.41) is 24.6. The molecule has 3 rings (SSSR count). The highest BCUT2D eigenvalue weighted by atomic mass is 32.2. The molecule has 0 aliphatic carbocycles. The molecule has 1 unspecified atom stereocenters. The molecule has 0 saturated carbocycles. The second-order valence-corrected chi connectivity index (χ2v) is 8.63. The van der Waals surface area contributed by atoms with E-state index in [0.717, 1.165) is 5.56 Å². The minimum Gasteiger partial charge on any atom is -0.448 e. The Labute approximate surface area is 210 Å². The van der Waals surface area contributed by atoms with E-state index in [1.165, 1.54) is 0 Å². The van der Waals surface area contributed by atoms with Crippen LogP contribution in [0.4, 0.5) is 22.2 Å². The van der Waals surface area contributed by atoms with E-state index < -0.39 is 16.7 Å². The van der Waals surface area contributed by atoms with Crippen molar-refractivity contribution in [3.8, 4) is 17.9 Å². The summed E-state index contributed by atoms with van der Waals surface area (Å²) >= 11 is 0. The van der Waals surface area contributed by atoms with E-state index in [9.17, 15) is 14.1 Å². The minimum atomic E-state index is -2.27. The molecule has 1 aromatic heterocycles. The Balaban J connectivity index is 1.81. The molecule has 0 saturated heterocycles. The summed E-state index contributed by atoms with van der Waals surface area (Å²) in [5.41, 5.74) is 2.42. The third kappa shape index (κ3) is 7.53. The van der Waals surface area contributed by atoms with Crippen LogP contribution < -0.4 is 10.6 Å². The first kappa shape index (κ1) is 26.2. The second kappa shape index (κ2) is 12.9. The van der Waals surface area contributed by atoms with Crippen molar-refractivity contribution >= 4 is 34.1 Å². The number of nitrogens with zero attached hydrogens (tertiary/aromatic N) is 4. The largest absolute Gasteiger partial charge is 0.448 e. The lowest BCUT2D eigenvalue weighted by atomic mass is 10.1. The Bertz CT molecular complexity index is 1400. The van der Waals surface area contributed by atoms with E-state index >= 15 is 0 Å². The van der Waals surface area contributed by atoms with E-state index in [4.69, 9.17) is 5.26 Å². The van der Waals surface area contributed by atoms with Crippen molar-refractivity contribution in [2.45, 2.75) is 24.8 Å². The molecule has 0 aliphatic rings. The SMILES string of the molecule is CCOC(=O)/N=[SH](=O)/c1ccc(Nc2ncc(C#Cc3ccc(C#N)cc3)c(N[C@H](C)CO)n2)cc1. The molecule has 0 spiro atoms. The van der Waals surface area contributed by atoms with Crippen molar-refractivity contribution in [1.82, 2.24) is 9.97 Å². The molecule has 0 bridgehead atoms. The van der Waals surface area contributed by atoms with E-state index in [0.29, 0.717) is 27.5 Å². The van der Waals surface area contributed by atoms with Crippen molar-refractivity contribution in [2.75, 3.05) is 23.8 Å². The molecule has 1 amide bonds. The van der Waals surface area contributed by atoms with Gasteiger partial charge in [-0.1, -0.05) is 11.8 Å². The second-order valence-electron chi connectivity index (χ2n) is 7.37. The third-order valence-corrected chi connectivity index (χ3v) is 5.67. The highest BCUT2D eigenvalue weighted by molar-refractivity contribution is 7.75. The van der Waals surface area contributed by atoms with Crippen molar-refractivity contribution in [2.24, 2.45) is 4.36 Å².